The molecule has 1 nitrogen and oxygen atoms in total. The third-order valence-electron chi connectivity index (χ3n) is 2.14. The molecule has 0 heterocycles. The molecule has 0 saturated heterocycles. The molecule has 1 aromatic carbocycles. The number of nitrogens with one attached hydrogen (secondary N) is 1. The van der Waals surface area contributed by atoms with Crippen LogP contribution in [0.3, 0.4) is 0 Å². The smallest absolute Gasteiger partial charge is 0.0101 e. The first kappa shape index (κ1) is 10.6. The Morgan fingerprint density at radius 3 is 2.77 bits per heavy atom. The first-order valence-corrected chi connectivity index (χ1v) is 5.78. The van der Waals surface area contributed by atoms with E-state index in [0.717, 1.165) is 13.0 Å². The van der Waals surface area contributed by atoms with Crippen LogP contribution in [0.15, 0.2) is 23.1 Å². The van der Waals surface area contributed by atoms with Crippen LogP contribution in [0.5, 0.6) is 0 Å². The van der Waals surface area contributed by atoms with Crippen molar-refractivity contribution >= 4 is 11.8 Å². The Hall–Kier alpha value is -0.470. The van der Waals surface area contributed by atoms with Crippen LogP contribution >= 0.6 is 11.8 Å². The molecule has 0 radical (unpaired) electrons. The summed E-state index contributed by atoms with van der Waals surface area (Å²) in [5, 5.41) is 3.16. The molecule has 0 bridgehead atoms. The maximum Gasteiger partial charge on any atom is 0.0101 e. The van der Waals surface area contributed by atoms with Crippen molar-refractivity contribution < 1.29 is 0 Å². The zero-order chi connectivity index (χ0) is 9.68. The van der Waals surface area contributed by atoms with Crippen molar-refractivity contribution in [1.82, 2.24) is 5.32 Å². The van der Waals surface area contributed by atoms with Gasteiger partial charge in [0.05, 0.1) is 0 Å². The van der Waals surface area contributed by atoms with Crippen LogP contribution in [0.2, 0.25) is 0 Å². The Kier molecular flexibility index (Phi) is 4.33. The summed E-state index contributed by atoms with van der Waals surface area (Å²) < 4.78 is 0. The minimum absolute atomic E-state index is 1.05. The van der Waals surface area contributed by atoms with Crippen molar-refractivity contribution in [3.63, 3.8) is 0 Å². The Labute approximate surface area is 84.9 Å². The van der Waals surface area contributed by atoms with E-state index in [4.69, 9.17) is 0 Å². The number of hydrogen-bond donors (Lipinski definition) is 1. The van der Waals surface area contributed by atoms with Crippen LogP contribution < -0.4 is 5.32 Å². The van der Waals surface area contributed by atoms with E-state index in [0.29, 0.717) is 0 Å². The summed E-state index contributed by atoms with van der Waals surface area (Å²) in [4.78, 5) is 1.40. The van der Waals surface area contributed by atoms with Crippen LogP contribution in [0.1, 0.15) is 11.1 Å². The van der Waals surface area contributed by atoms with Crippen molar-refractivity contribution in [3.8, 4) is 0 Å². The van der Waals surface area contributed by atoms with Gasteiger partial charge in [0.1, 0.15) is 0 Å². The molecule has 1 N–H and O–H groups in total. The molecule has 2 heteroatoms. The van der Waals surface area contributed by atoms with Crippen molar-refractivity contribution in [3.05, 3.63) is 29.3 Å². The predicted octanol–water partition coefficient (Wildman–Crippen LogP) is 2.48. The van der Waals surface area contributed by atoms with Gasteiger partial charge in [0.15, 0.2) is 0 Å². The highest BCUT2D eigenvalue weighted by Gasteiger charge is 1.98. The van der Waals surface area contributed by atoms with Gasteiger partial charge in [0, 0.05) is 4.90 Å². The summed E-state index contributed by atoms with van der Waals surface area (Å²) in [6.07, 6.45) is 3.24. The lowest BCUT2D eigenvalue weighted by atomic mass is 10.1. The highest BCUT2D eigenvalue weighted by molar-refractivity contribution is 7.98. The molecule has 1 aromatic rings. The third-order valence-corrected chi connectivity index (χ3v) is 3.02. The highest BCUT2D eigenvalue weighted by Crippen LogP contribution is 2.21. The van der Waals surface area contributed by atoms with Gasteiger partial charge >= 0.3 is 0 Å². The van der Waals surface area contributed by atoms with Gasteiger partial charge in [0.2, 0.25) is 0 Å². The fraction of sp³-hybridized carbons (Fsp3) is 0.455. The highest BCUT2D eigenvalue weighted by atomic mass is 32.2. The van der Waals surface area contributed by atoms with Gasteiger partial charge in [0.25, 0.3) is 0 Å². The normalized spacial score (nSPS) is 10.4. The van der Waals surface area contributed by atoms with E-state index < -0.39 is 0 Å². The van der Waals surface area contributed by atoms with Gasteiger partial charge in [-0.25, -0.2) is 0 Å². The average Bonchev–Trinajstić information content (AvgIpc) is 2.16. The molecule has 0 fully saturated rings. The van der Waals surface area contributed by atoms with E-state index in [9.17, 15) is 0 Å². The van der Waals surface area contributed by atoms with Gasteiger partial charge in [-0.05, 0) is 50.4 Å². The van der Waals surface area contributed by atoms with E-state index in [-0.39, 0.29) is 0 Å². The predicted molar refractivity (Wildman–Crippen MR) is 60.6 cm³/mol. The molecule has 0 atom stereocenters. The Bertz CT molecular complexity index is 271. The molecule has 0 saturated carbocycles. The fourth-order valence-electron chi connectivity index (χ4n) is 1.29. The zero-order valence-corrected chi connectivity index (χ0v) is 9.37. The van der Waals surface area contributed by atoms with Gasteiger partial charge < -0.3 is 5.32 Å². The topological polar surface area (TPSA) is 12.0 Å². The molecule has 0 amide bonds. The van der Waals surface area contributed by atoms with Crippen LogP contribution in [-0.4, -0.2) is 19.8 Å². The van der Waals surface area contributed by atoms with Gasteiger partial charge in [-0.3, -0.25) is 0 Å². The van der Waals surface area contributed by atoms with Crippen molar-refractivity contribution in [2.75, 3.05) is 19.8 Å². The van der Waals surface area contributed by atoms with Gasteiger partial charge in [-0.1, -0.05) is 12.1 Å². The number of likely N-dealkylation sites (N-methyl/N-ethyl adjacent to an activating group) is 1. The number of thioether (sulfide) groups is 1. The lowest BCUT2D eigenvalue weighted by Crippen LogP contribution is -2.10. The summed E-state index contributed by atoms with van der Waals surface area (Å²) >= 11 is 1.82. The second kappa shape index (κ2) is 5.30. The quantitative estimate of drug-likeness (QED) is 0.741. The van der Waals surface area contributed by atoms with E-state index in [2.05, 4.69) is 36.7 Å². The monoisotopic (exact) mass is 195 g/mol. The number of rotatable bonds is 4. The first-order chi connectivity index (χ1) is 6.27. The van der Waals surface area contributed by atoms with Gasteiger partial charge in [-0.15, -0.1) is 11.8 Å². The SMILES string of the molecule is CNCCc1ccc(C)c(SC)c1. The largest absolute Gasteiger partial charge is 0.319 e. The van der Waals surface area contributed by atoms with E-state index >= 15 is 0 Å². The molecule has 0 aliphatic rings. The number of aryl methyl sites for hydroxylation is 1. The molecular formula is C11H17NS. The molecule has 0 aliphatic heterocycles. The van der Waals surface area contributed by atoms with E-state index in [1.165, 1.54) is 16.0 Å². The summed E-state index contributed by atoms with van der Waals surface area (Å²) in [6.45, 7) is 3.21. The molecule has 0 aliphatic carbocycles. The second-order valence-corrected chi connectivity index (χ2v) is 4.01. The van der Waals surface area contributed by atoms with Crippen molar-refractivity contribution in [1.29, 1.82) is 0 Å². The first-order valence-electron chi connectivity index (χ1n) is 4.56. The average molecular weight is 195 g/mol. The van der Waals surface area contributed by atoms with Gasteiger partial charge in [-0.2, -0.15) is 0 Å². The Morgan fingerprint density at radius 2 is 2.15 bits per heavy atom. The minimum Gasteiger partial charge on any atom is -0.319 e. The zero-order valence-electron chi connectivity index (χ0n) is 8.55. The molecule has 0 aromatic heterocycles. The van der Waals surface area contributed by atoms with Crippen molar-refractivity contribution in [2.24, 2.45) is 0 Å². The standard InChI is InChI=1S/C11H17NS/c1-9-4-5-10(6-7-12-2)8-11(9)13-3/h4-5,8,12H,6-7H2,1-3H3. The maximum atomic E-state index is 3.16. The summed E-state index contributed by atoms with van der Waals surface area (Å²) in [7, 11) is 1.99. The third kappa shape index (κ3) is 3.05. The Morgan fingerprint density at radius 1 is 1.38 bits per heavy atom. The van der Waals surface area contributed by atoms with Crippen LogP contribution in [0, 0.1) is 6.92 Å². The molecule has 1 rings (SSSR count). The van der Waals surface area contributed by atoms with E-state index in [1.807, 2.05) is 18.8 Å². The summed E-state index contributed by atoms with van der Waals surface area (Å²) in [5.74, 6) is 0. The molecule has 72 valence electrons. The number of benzene rings is 1. The molecule has 13 heavy (non-hydrogen) atoms. The van der Waals surface area contributed by atoms with Crippen LogP contribution in [0.4, 0.5) is 0 Å². The lowest BCUT2D eigenvalue weighted by Gasteiger charge is -2.06. The summed E-state index contributed by atoms with van der Waals surface area (Å²) in [6, 6.07) is 6.71. The molecule has 0 unspecified atom stereocenters. The lowest BCUT2D eigenvalue weighted by molar-refractivity contribution is 0.790. The van der Waals surface area contributed by atoms with Crippen molar-refractivity contribution in [2.45, 2.75) is 18.2 Å². The number of hydrogen-bond acceptors (Lipinski definition) is 2. The molecule has 0 spiro atoms. The molecular weight excluding hydrogens is 178 g/mol. The maximum absolute atomic E-state index is 3.16. The van der Waals surface area contributed by atoms with Crippen LogP contribution in [-0.2, 0) is 6.42 Å². The second-order valence-electron chi connectivity index (χ2n) is 3.16. The minimum atomic E-state index is 1.05. The van der Waals surface area contributed by atoms with Crippen LogP contribution in [0.25, 0.3) is 0 Å². The Balaban J connectivity index is 2.74. The van der Waals surface area contributed by atoms with E-state index in [1.54, 1.807) is 0 Å². The fourth-order valence-corrected chi connectivity index (χ4v) is 1.95. The summed E-state index contributed by atoms with van der Waals surface area (Å²) in [5.41, 5.74) is 2.80.